The van der Waals surface area contributed by atoms with Crippen molar-refractivity contribution < 1.29 is 13.2 Å². The number of halogens is 3. The Morgan fingerprint density at radius 1 is 1.48 bits per heavy atom. The molecule has 9 heteroatoms. The van der Waals surface area contributed by atoms with Crippen LogP contribution < -0.4 is 5.73 Å². The number of nitrogens with zero attached hydrogens (tertiary/aromatic N) is 4. The van der Waals surface area contributed by atoms with Crippen molar-refractivity contribution in [3.8, 4) is 0 Å². The number of hydrogen-bond acceptors (Lipinski definition) is 4. The highest BCUT2D eigenvalue weighted by molar-refractivity contribution is 8.14. The van der Waals surface area contributed by atoms with Gasteiger partial charge in [0.1, 0.15) is 5.82 Å². The van der Waals surface area contributed by atoms with Crippen molar-refractivity contribution in [2.24, 2.45) is 21.8 Å². The second-order valence-electron chi connectivity index (χ2n) is 5.14. The number of hydrogen-bond donors (Lipinski definition) is 1. The molecule has 1 fully saturated rings. The van der Waals surface area contributed by atoms with Crippen LogP contribution in [0.15, 0.2) is 28.3 Å². The van der Waals surface area contributed by atoms with Crippen LogP contribution in [0.5, 0.6) is 0 Å². The van der Waals surface area contributed by atoms with E-state index in [0.29, 0.717) is 0 Å². The molecule has 0 spiro atoms. The summed E-state index contributed by atoms with van der Waals surface area (Å²) in [5.41, 5.74) is 12.7. The van der Waals surface area contributed by atoms with Crippen LogP contribution in [0, 0.1) is 11.7 Å². The summed E-state index contributed by atoms with van der Waals surface area (Å²) >= 11 is 0.813. The fourth-order valence-corrected chi connectivity index (χ4v) is 4.12. The summed E-state index contributed by atoms with van der Waals surface area (Å²) in [6, 6.07) is 3.59. The number of alkyl halides is 2. The lowest BCUT2D eigenvalue weighted by atomic mass is 9.86. The summed E-state index contributed by atoms with van der Waals surface area (Å²) in [5.74, 6) is -4.76. The molecule has 1 aromatic carbocycles. The summed E-state index contributed by atoms with van der Waals surface area (Å²) in [6.45, 7) is 1.43. The van der Waals surface area contributed by atoms with Gasteiger partial charge in [0.05, 0.1) is 16.7 Å². The molecule has 1 aliphatic carbocycles. The first-order valence-corrected chi connectivity index (χ1v) is 6.93. The van der Waals surface area contributed by atoms with Gasteiger partial charge in [0, 0.05) is 16.2 Å². The lowest BCUT2D eigenvalue weighted by molar-refractivity contribution is 0.0820. The number of rotatable bonds is 2. The largest absolute Gasteiger partial charge is 0.379 e. The molecule has 1 heterocycles. The summed E-state index contributed by atoms with van der Waals surface area (Å²) in [4.78, 5) is 6.67. The van der Waals surface area contributed by atoms with E-state index >= 15 is 0 Å². The van der Waals surface area contributed by atoms with Crippen LogP contribution in [0.2, 0.25) is 0 Å². The minimum atomic E-state index is -2.95. The van der Waals surface area contributed by atoms with Crippen LogP contribution in [-0.2, 0) is 5.54 Å². The van der Waals surface area contributed by atoms with E-state index < -0.39 is 28.4 Å². The Kier molecular flexibility index (Phi) is 2.90. The molecule has 0 bridgehead atoms. The van der Waals surface area contributed by atoms with E-state index in [4.69, 9.17) is 11.3 Å². The zero-order chi connectivity index (χ0) is 15.4. The highest BCUT2D eigenvalue weighted by atomic mass is 32.2. The highest BCUT2D eigenvalue weighted by Gasteiger charge is 2.77. The molecule has 1 saturated carbocycles. The average Bonchev–Trinajstić information content (AvgIpc) is 2.94. The molecular weight excluding hydrogens is 303 g/mol. The molecule has 1 aliphatic heterocycles. The molecular formula is C12H10F3N5S. The van der Waals surface area contributed by atoms with E-state index in [-0.39, 0.29) is 16.4 Å². The predicted octanol–water partition coefficient (Wildman–Crippen LogP) is 3.68. The van der Waals surface area contributed by atoms with Crippen LogP contribution in [0.4, 0.5) is 18.9 Å². The quantitative estimate of drug-likeness (QED) is 0.513. The Hall–Kier alpha value is -1.86. The highest BCUT2D eigenvalue weighted by Crippen LogP contribution is 2.66. The molecule has 2 aliphatic rings. The third-order valence-electron chi connectivity index (χ3n) is 3.84. The summed E-state index contributed by atoms with van der Waals surface area (Å²) in [6.07, 6.45) is 0. The van der Waals surface area contributed by atoms with E-state index in [9.17, 15) is 13.2 Å². The third-order valence-corrected chi connectivity index (χ3v) is 5.01. The molecule has 0 amide bonds. The molecule has 2 N–H and O–H groups in total. The number of amidine groups is 1. The van der Waals surface area contributed by atoms with Gasteiger partial charge in [0.2, 0.25) is 0 Å². The fourth-order valence-electron chi connectivity index (χ4n) is 2.81. The normalized spacial score (nSPS) is 32.7. The first-order valence-electron chi connectivity index (χ1n) is 6.05. The van der Waals surface area contributed by atoms with Gasteiger partial charge in [-0.25, -0.2) is 13.2 Å². The van der Waals surface area contributed by atoms with Gasteiger partial charge in [-0.05, 0) is 30.7 Å². The van der Waals surface area contributed by atoms with Gasteiger partial charge in [-0.2, -0.15) is 0 Å². The molecule has 21 heavy (non-hydrogen) atoms. The standard InChI is InChI=1S/C12H10F3N5S/c1-11(6-4-5(19-20-17)2-3-7(6)13)8-9(12(8,14)15)21-10(16)18-11/h2-4,8-9H,1H3,(H2,16,18)/t8-,9-,11-/m1/s1. The zero-order valence-electron chi connectivity index (χ0n) is 10.8. The minimum Gasteiger partial charge on any atom is -0.379 e. The molecule has 0 saturated heterocycles. The zero-order valence-corrected chi connectivity index (χ0v) is 11.6. The van der Waals surface area contributed by atoms with E-state index in [1.54, 1.807) is 0 Å². The van der Waals surface area contributed by atoms with Crippen molar-refractivity contribution in [1.29, 1.82) is 0 Å². The van der Waals surface area contributed by atoms with Crippen LogP contribution in [-0.4, -0.2) is 16.3 Å². The van der Waals surface area contributed by atoms with E-state index in [0.717, 1.165) is 17.8 Å². The first kappa shape index (κ1) is 14.1. The van der Waals surface area contributed by atoms with Crippen molar-refractivity contribution >= 4 is 22.6 Å². The number of azide groups is 1. The predicted molar refractivity (Wildman–Crippen MR) is 74.0 cm³/mol. The van der Waals surface area contributed by atoms with Gasteiger partial charge in [-0.15, -0.1) is 0 Å². The smallest absolute Gasteiger partial charge is 0.267 e. The van der Waals surface area contributed by atoms with Crippen molar-refractivity contribution in [3.63, 3.8) is 0 Å². The van der Waals surface area contributed by atoms with E-state index in [1.807, 2.05) is 0 Å². The molecule has 0 unspecified atom stereocenters. The van der Waals surface area contributed by atoms with Crippen LogP contribution >= 0.6 is 11.8 Å². The fraction of sp³-hybridized carbons (Fsp3) is 0.417. The van der Waals surface area contributed by atoms with Gasteiger partial charge in [-0.1, -0.05) is 16.9 Å². The maximum absolute atomic E-state index is 14.1. The molecule has 0 radical (unpaired) electrons. The van der Waals surface area contributed by atoms with E-state index in [2.05, 4.69) is 15.0 Å². The first-order chi connectivity index (χ1) is 9.80. The van der Waals surface area contributed by atoms with Crippen molar-refractivity contribution in [1.82, 2.24) is 0 Å². The van der Waals surface area contributed by atoms with Gasteiger partial charge in [0.15, 0.2) is 5.17 Å². The Labute approximate surface area is 122 Å². The second-order valence-corrected chi connectivity index (χ2v) is 6.30. The maximum Gasteiger partial charge on any atom is 0.267 e. The molecule has 3 rings (SSSR count). The number of nitrogens with two attached hydrogens (primary N) is 1. The number of fused-ring (bicyclic) bond motifs is 1. The SMILES string of the molecule is C[C@]1(c2cc(N=[N+]=[N-])ccc2F)N=C(N)S[C@@H]2[C@H]1C2(F)F. The van der Waals surface area contributed by atoms with Crippen molar-refractivity contribution in [2.75, 3.05) is 0 Å². The van der Waals surface area contributed by atoms with Crippen LogP contribution in [0.25, 0.3) is 10.4 Å². The Morgan fingerprint density at radius 2 is 2.19 bits per heavy atom. The maximum atomic E-state index is 14.1. The Bertz CT molecular complexity index is 700. The van der Waals surface area contributed by atoms with Gasteiger partial charge in [0.25, 0.3) is 5.92 Å². The van der Waals surface area contributed by atoms with Crippen molar-refractivity contribution in [2.45, 2.75) is 23.6 Å². The molecule has 3 atom stereocenters. The lowest BCUT2D eigenvalue weighted by Crippen LogP contribution is -2.32. The minimum absolute atomic E-state index is 0.00418. The van der Waals surface area contributed by atoms with Crippen LogP contribution in [0.1, 0.15) is 12.5 Å². The van der Waals surface area contributed by atoms with Gasteiger partial charge in [-0.3, -0.25) is 4.99 Å². The van der Waals surface area contributed by atoms with E-state index in [1.165, 1.54) is 19.1 Å². The lowest BCUT2D eigenvalue weighted by Gasteiger charge is -2.29. The number of aliphatic imine (C=N–C) groups is 1. The number of thioether (sulfide) groups is 1. The molecule has 110 valence electrons. The second kappa shape index (κ2) is 4.32. The molecule has 1 aromatic rings. The number of benzene rings is 1. The van der Waals surface area contributed by atoms with Crippen molar-refractivity contribution in [3.05, 3.63) is 40.0 Å². The topological polar surface area (TPSA) is 87.1 Å². The van der Waals surface area contributed by atoms with Gasteiger partial charge < -0.3 is 5.73 Å². The summed E-state index contributed by atoms with van der Waals surface area (Å²) in [5, 5.41) is 2.38. The third kappa shape index (κ3) is 1.96. The monoisotopic (exact) mass is 313 g/mol. The molecule has 5 nitrogen and oxygen atoms in total. The van der Waals surface area contributed by atoms with Crippen LogP contribution in [0.3, 0.4) is 0 Å². The summed E-state index contributed by atoms with van der Waals surface area (Å²) in [7, 11) is 0. The summed E-state index contributed by atoms with van der Waals surface area (Å²) < 4.78 is 41.9. The average molecular weight is 313 g/mol. The van der Waals surface area contributed by atoms with Gasteiger partial charge >= 0.3 is 0 Å². The molecule has 0 aromatic heterocycles. The Morgan fingerprint density at radius 3 is 2.86 bits per heavy atom. The Balaban J connectivity index is 2.16.